The lowest BCUT2D eigenvalue weighted by Crippen LogP contribution is -2.36. The molecule has 1 aliphatic heterocycles. The van der Waals surface area contributed by atoms with Crippen molar-refractivity contribution < 1.29 is 14.3 Å². The third-order valence-corrected chi connectivity index (χ3v) is 3.91. The van der Waals surface area contributed by atoms with Crippen LogP contribution in [0.25, 0.3) is 0 Å². The highest BCUT2D eigenvalue weighted by Crippen LogP contribution is 2.30. The standard InChI is InChI=1S/C17H17ClN2O3/c1-11-9-20(17(21)12-5-6-19-16(18)7-12)10-13-3-4-14(22-2)8-15(13)23-11/h3-8,11H,9-10H2,1-2H3. The number of ether oxygens (including phenoxy) is 2. The number of hydrogen-bond donors (Lipinski definition) is 0. The summed E-state index contributed by atoms with van der Waals surface area (Å²) in [6.45, 7) is 2.91. The molecule has 2 aromatic rings. The fraction of sp³-hybridized carbons (Fsp3) is 0.294. The molecule has 1 unspecified atom stereocenters. The molecule has 5 nitrogen and oxygen atoms in total. The van der Waals surface area contributed by atoms with E-state index in [2.05, 4.69) is 4.98 Å². The van der Waals surface area contributed by atoms with Crippen molar-refractivity contribution in [2.45, 2.75) is 19.6 Å². The molecule has 23 heavy (non-hydrogen) atoms. The van der Waals surface area contributed by atoms with E-state index in [1.165, 1.54) is 6.20 Å². The summed E-state index contributed by atoms with van der Waals surface area (Å²) in [5.74, 6) is 1.39. The number of pyridine rings is 1. The minimum absolute atomic E-state index is 0.0894. The summed E-state index contributed by atoms with van der Waals surface area (Å²) in [6, 6.07) is 8.88. The number of fused-ring (bicyclic) bond motifs is 1. The van der Waals surface area contributed by atoms with Crippen molar-refractivity contribution in [3.05, 3.63) is 52.8 Å². The van der Waals surface area contributed by atoms with E-state index in [4.69, 9.17) is 21.1 Å². The lowest BCUT2D eigenvalue weighted by atomic mass is 10.1. The van der Waals surface area contributed by atoms with Crippen molar-refractivity contribution in [2.75, 3.05) is 13.7 Å². The number of nitrogens with zero attached hydrogens (tertiary/aromatic N) is 2. The topological polar surface area (TPSA) is 51.7 Å². The van der Waals surface area contributed by atoms with Crippen molar-refractivity contribution in [3.63, 3.8) is 0 Å². The van der Waals surface area contributed by atoms with E-state index in [0.29, 0.717) is 23.8 Å². The molecule has 0 spiro atoms. The Bertz CT molecular complexity index is 736. The number of amides is 1. The van der Waals surface area contributed by atoms with Gasteiger partial charge in [-0.15, -0.1) is 0 Å². The molecule has 0 bridgehead atoms. The molecule has 0 N–H and O–H groups in total. The van der Waals surface area contributed by atoms with Crippen molar-refractivity contribution in [1.29, 1.82) is 0 Å². The first-order valence-corrected chi connectivity index (χ1v) is 7.69. The van der Waals surface area contributed by atoms with Gasteiger partial charge >= 0.3 is 0 Å². The number of aromatic nitrogens is 1. The molecular formula is C17H17ClN2O3. The first-order chi connectivity index (χ1) is 11.1. The molecule has 1 aromatic carbocycles. The maximum Gasteiger partial charge on any atom is 0.254 e. The van der Waals surface area contributed by atoms with E-state index >= 15 is 0 Å². The van der Waals surface area contributed by atoms with E-state index in [-0.39, 0.29) is 12.0 Å². The number of methoxy groups -OCH3 is 1. The predicted molar refractivity (Wildman–Crippen MR) is 87.1 cm³/mol. The highest BCUT2D eigenvalue weighted by Gasteiger charge is 2.25. The average Bonchev–Trinajstić information content (AvgIpc) is 2.71. The molecule has 1 atom stereocenters. The summed E-state index contributed by atoms with van der Waals surface area (Å²) < 4.78 is 11.2. The quantitative estimate of drug-likeness (QED) is 0.793. The van der Waals surface area contributed by atoms with Gasteiger partial charge in [0.25, 0.3) is 5.91 Å². The van der Waals surface area contributed by atoms with Gasteiger partial charge in [-0.25, -0.2) is 4.98 Å². The van der Waals surface area contributed by atoms with E-state index in [1.54, 1.807) is 24.1 Å². The molecule has 3 rings (SSSR count). The Balaban J connectivity index is 1.90. The molecule has 1 amide bonds. The Labute approximate surface area is 139 Å². The van der Waals surface area contributed by atoms with Gasteiger partial charge in [-0.1, -0.05) is 11.6 Å². The smallest absolute Gasteiger partial charge is 0.254 e. The van der Waals surface area contributed by atoms with E-state index in [0.717, 1.165) is 17.1 Å². The van der Waals surface area contributed by atoms with E-state index in [1.807, 2.05) is 25.1 Å². The highest BCUT2D eigenvalue weighted by atomic mass is 35.5. The van der Waals surface area contributed by atoms with E-state index in [9.17, 15) is 4.79 Å². The maximum atomic E-state index is 12.7. The van der Waals surface area contributed by atoms with Crippen LogP contribution in [0.3, 0.4) is 0 Å². The van der Waals surface area contributed by atoms with Gasteiger partial charge in [0, 0.05) is 29.9 Å². The Morgan fingerprint density at radius 2 is 2.22 bits per heavy atom. The predicted octanol–water partition coefficient (Wildman–Crippen LogP) is 3.17. The molecule has 1 aromatic heterocycles. The number of rotatable bonds is 2. The number of hydrogen-bond acceptors (Lipinski definition) is 4. The maximum absolute atomic E-state index is 12.7. The molecule has 0 fully saturated rings. The second-order valence-electron chi connectivity index (χ2n) is 5.46. The summed E-state index contributed by atoms with van der Waals surface area (Å²) >= 11 is 5.88. The van der Waals surface area contributed by atoms with Crippen molar-refractivity contribution in [2.24, 2.45) is 0 Å². The number of carbonyl (C=O) groups is 1. The summed E-state index contributed by atoms with van der Waals surface area (Å²) in [7, 11) is 1.62. The van der Waals surface area contributed by atoms with Crippen LogP contribution in [-0.4, -0.2) is 35.5 Å². The van der Waals surface area contributed by atoms with Gasteiger partial charge in [-0.3, -0.25) is 4.79 Å². The largest absolute Gasteiger partial charge is 0.497 e. The molecule has 0 saturated heterocycles. The number of halogens is 1. The monoisotopic (exact) mass is 332 g/mol. The summed E-state index contributed by atoms with van der Waals surface area (Å²) in [5, 5.41) is 0.306. The average molecular weight is 333 g/mol. The van der Waals surface area contributed by atoms with Gasteiger partial charge in [-0.2, -0.15) is 0 Å². The minimum Gasteiger partial charge on any atom is -0.497 e. The van der Waals surface area contributed by atoms with Crippen LogP contribution in [0.5, 0.6) is 11.5 Å². The first kappa shape index (κ1) is 15.6. The van der Waals surface area contributed by atoms with Crippen LogP contribution < -0.4 is 9.47 Å². The van der Waals surface area contributed by atoms with Crippen LogP contribution >= 0.6 is 11.6 Å². The molecule has 6 heteroatoms. The van der Waals surface area contributed by atoms with Crippen LogP contribution in [0, 0.1) is 0 Å². The third kappa shape index (κ3) is 3.40. The second-order valence-corrected chi connectivity index (χ2v) is 5.84. The third-order valence-electron chi connectivity index (χ3n) is 3.70. The Morgan fingerprint density at radius 3 is 2.96 bits per heavy atom. The highest BCUT2D eigenvalue weighted by molar-refractivity contribution is 6.29. The first-order valence-electron chi connectivity index (χ1n) is 7.31. The molecule has 2 heterocycles. The van der Waals surface area contributed by atoms with Crippen LogP contribution in [-0.2, 0) is 6.54 Å². The van der Waals surface area contributed by atoms with E-state index < -0.39 is 0 Å². The van der Waals surface area contributed by atoms with Gasteiger partial charge in [0.2, 0.25) is 0 Å². The summed E-state index contributed by atoms with van der Waals surface area (Å²) in [6.07, 6.45) is 1.41. The molecule has 0 aliphatic carbocycles. The SMILES string of the molecule is COc1ccc2c(c1)OC(C)CN(C(=O)c1ccnc(Cl)c1)C2. The van der Waals surface area contributed by atoms with Gasteiger partial charge in [0.1, 0.15) is 22.8 Å². The van der Waals surface area contributed by atoms with Crippen molar-refractivity contribution in [1.82, 2.24) is 9.88 Å². The molecule has 0 saturated carbocycles. The zero-order valence-electron chi connectivity index (χ0n) is 13.0. The zero-order chi connectivity index (χ0) is 16.4. The van der Waals surface area contributed by atoms with Gasteiger partial charge in [0.05, 0.1) is 13.7 Å². The summed E-state index contributed by atoms with van der Waals surface area (Å²) in [5.41, 5.74) is 1.47. The Hall–Kier alpha value is -2.27. The summed E-state index contributed by atoms with van der Waals surface area (Å²) in [4.78, 5) is 18.4. The van der Waals surface area contributed by atoms with Crippen molar-refractivity contribution >= 4 is 17.5 Å². The van der Waals surface area contributed by atoms with Gasteiger partial charge < -0.3 is 14.4 Å². The normalized spacial score (nSPS) is 17.0. The van der Waals surface area contributed by atoms with Crippen LogP contribution in [0.4, 0.5) is 0 Å². The van der Waals surface area contributed by atoms with Gasteiger partial charge in [0.15, 0.2) is 0 Å². The number of carbonyl (C=O) groups excluding carboxylic acids is 1. The fourth-order valence-corrected chi connectivity index (χ4v) is 2.78. The van der Waals surface area contributed by atoms with Crippen molar-refractivity contribution in [3.8, 4) is 11.5 Å². The van der Waals surface area contributed by atoms with Gasteiger partial charge in [-0.05, 0) is 31.2 Å². The number of benzene rings is 1. The second kappa shape index (κ2) is 6.46. The van der Waals surface area contributed by atoms with Crippen LogP contribution in [0.1, 0.15) is 22.8 Å². The molecule has 1 aliphatic rings. The lowest BCUT2D eigenvalue weighted by molar-refractivity contribution is 0.0690. The molecule has 0 radical (unpaired) electrons. The Morgan fingerprint density at radius 1 is 1.39 bits per heavy atom. The van der Waals surface area contributed by atoms with Crippen LogP contribution in [0.15, 0.2) is 36.5 Å². The lowest BCUT2D eigenvalue weighted by Gasteiger charge is -2.22. The minimum atomic E-state index is -0.121. The molecule has 120 valence electrons. The zero-order valence-corrected chi connectivity index (χ0v) is 13.7. The van der Waals surface area contributed by atoms with Crippen LogP contribution in [0.2, 0.25) is 5.15 Å². The Kier molecular flexibility index (Phi) is 4.39. The fourth-order valence-electron chi connectivity index (χ4n) is 2.61. The molecular weight excluding hydrogens is 316 g/mol.